The van der Waals surface area contributed by atoms with E-state index in [1.807, 2.05) is 13.8 Å². The van der Waals surface area contributed by atoms with E-state index in [2.05, 4.69) is 0 Å². The van der Waals surface area contributed by atoms with Crippen LogP contribution in [0.25, 0.3) is 0 Å². The number of ether oxygens (including phenoxy) is 1. The number of benzene rings is 1. The van der Waals surface area contributed by atoms with Gasteiger partial charge in [0.2, 0.25) is 0 Å². The molecule has 0 amide bonds. The van der Waals surface area contributed by atoms with Gasteiger partial charge in [-0.3, -0.25) is 9.69 Å². The van der Waals surface area contributed by atoms with Gasteiger partial charge in [-0.25, -0.2) is 0 Å². The van der Waals surface area contributed by atoms with Crippen LogP contribution in [0.2, 0.25) is 0 Å². The summed E-state index contributed by atoms with van der Waals surface area (Å²) in [6.45, 7) is 4.50. The summed E-state index contributed by atoms with van der Waals surface area (Å²) in [5.74, 6) is -0.348. The van der Waals surface area contributed by atoms with Gasteiger partial charge >= 0.3 is 5.97 Å². The van der Waals surface area contributed by atoms with Gasteiger partial charge in [0.05, 0.1) is 6.61 Å². The maximum absolute atomic E-state index is 11.1. The molecule has 0 aromatic heterocycles. The molecule has 5 heteroatoms. The van der Waals surface area contributed by atoms with Gasteiger partial charge in [-0.2, -0.15) is 0 Å². The van der Waals surface area contributed by atoms with E-state index in [1.165, 1.54) is 0 Å². The molecule has 0 saturated heterocycles. The second-order valence-electron chi connectivity index (χ2n) is 4.37. The minimum Gasteiger partial charge on any atom is -0.504 e. The third-order valence-corrected chi connectivity index (χ3v) is 3.01. The Morgan fingerprint density at radius 2 is 2.11 bits per heavy atom. The highest BCUT2D eigenvalue weighted by atomic mass is 16.5. The fourth-order valence-corrected chi connectivity index (χ4v) is 2.02. The van der Waals surface area contributed by atoms with Crippen molar-refractivity contribution in [3.63, 3.8) is 0 Å². The number of hydrogen-bond acceptors (Lipinski definition) is 4. The Bertz CT molecular complexity index is 433. The average Bonchev–Trinajstić information content (AvgIpc) is 2.35. The van der Waals surface area contributed by atoms with Gasteiger partial charge in [-0.1, -0.05) is 19.1 Å². The quantitative estimate of drug-likeness (QED) is 0.791. The number of carbonyl (C=O) groups is 1. The van der Waals surface area contributed by atoms with Crippen molar-refractivity contribution in [2.24, 2.45) is 0 Å². The molecule has 1 atom stereocenters. The highest BCUT2D eigenvalue weighted by Gasteiger charge is 2.21. The summed E-state index contributed by atoms with van der Waals surface area (Å²) in [7, 11) is 1.73. The molecule has 0 aliphatic rings. The fraction of sp³-hybridized carbons (Fsp3) is 0.500. The summed E-state index contributed by atoms with van der Waals surface area (Å²) in [5, 5.41) is 19.2. The first kappa shape index (κ1) is 15.3. The van der Waals surface area contributed by atoms with Crippen LogP contribution in [0.1, 0.15) is 25.8 Å². The first-order chi connectivity index (χ1) is 9.01. The fourth-order valence-electron chi connectivity index (χ4n) is 2.02. The standard InChI is InChI=1S/C14H21NO4/c1-4-11(14(17)18)15(3)9-10-7-6-8-12(13(10)16)19-5-2/h6-8,11,16H,4-5,9H2,1-3H3,(H,17,18). The molecule has 0 aliphatic carbocycles. The number of aliphatic carboxylic acids is 1. The molecule has 1 unspecified atom stereocenters. The highest BCUT2D eigenvalue weighted by Crippen LogP contribution is 2.30. The zero-order valence-electron chi connectivity index (χ0n) is 11.6. The summed E-state index contributed by atoms with van der Waals surface area (Å²) in [5.41, 5.74) is 0.660. The van der Waals surface area contributed by atoms with Gasteiger partial charge in [0.1, 0.15) is 6.04 Å². The monoisotopic (exact) mass is 267 g/mol. The summed E-state index contributed by atoms with van der Waals surface area (Å²) in [4.78, 5) is 12.8. The Balaban J connectivity index is 2.87. The molecule has 1 aromatic carbocycles. The number of nitrogens with zero attached hydrogens (tertiary/aromatic N) is 1. The summed E-state index contributed by atoms with van der Waals surface area (Å²) >= 11 is 0. The molecule has 0 spiro atoms. The van der Waals surface area contributed by atoms with E-state index >= 15 is 0 Å². The minimum absolute atomic E-state index is 0.0800. The maximum atomic E-state index is 11.1. The van der Waals surface area contributed by atoms with Crippen molar-refractivity contribution >= 4 is 5.97 Å². The molecule has 0 fully saturated rings. The first-order valence-electron chi connectivity index (χ1n) is 6.37. The number of carboxylic acids is 1. The van der Waals surface area contributed by atoms with Crippen molar-refractivity contribution in [1.82, 2.24) is 4.90 Å². The zero-order chi connectivity index (χ0) is 14.4. The molecular weight excluding hydrogens is 246 g/mol. The van der Waals surface area contributed by atoms with Crippen LogP contribution >= 0.6 is 0 Å². The summed E-state index contributed by atoms with van der Waals surface area (Å²) < 4.78 is 5.31. The molecule has 0 aliphatic heterocycles. The maximum Gasteiger partial charge on any atom is 0.320 e. The number of para-hydroxylation sites is 1. The summed E-state index contributed by atoms with van der Waals surface area (Å²) in [6.07, 6.45) is 0.512. The van der Waals surface area contributed by atoms with Crippen molar-refractivity contribution in [3.05, 3.63) is 23.8 Å². The molecular formula is C14H21NO4. The molecule has 0 saturated carbocycles. The number of aromatic hydroxyl groups is 1. The van der Waals surface area contributed by atoms with Crippen LogP contribution in [0.3, 0.4) is 0 Å². The molecule has 1 rings (SSSR count). The Hall–Kier alpha value is -1.75. The molecule has 0 heterocycles. The SMILES string of the molecule is CCOc1cccc(CN(C)C(CC)C(=O)O)c1O. The number of likely N-dealkylation sites (N-methyl/N-ethyl adjacent to an activating group) is 1. The Morgan fingerprint density at radius 3 is 2.63 bits per heavy atom. The van der Waals surface area contributed by atoms with E-state index in [-0.39, 0.29) is 5.75 Å². The number of carboxylic acid groups (broad SMARTS) is 1. The lowest BCUT2D eigenvalue weighted by atomic mass is 10.1. The molecule has 2 N–H and O–H groups in total. The number of phenolic OH excluding ortho intramolecular Hbond substituents is 1. The normalized spacial score (nSPS) is 12.4. The number of phenols is 1. The van der Waals surface area contributed by atoms with Gasteiger partial charge in [-0.05, 0) is 26.5 Å². The summed E-state index contributed by atoms with van der Waals surface area (Å²) in [6, 6.07) is 4.69. The van der Waals surface area contributed by atoms with Crippen LogP contribution in [0.4, 0.5) is 0 Å². The molecule has 0 radical (unpaired) electrons. The van der Waals surface area contributed by atoms with Crippen LogP contribution in [-0.4, -0.2) is 40.8 Å². The number of hydrogen-bond donors (Lipinski definition) is 2. The van der Waals surface area contributed by atoms with Crippen molar-refractivity contribution in [2.45, 2.75) is 32.9 Å². The molecule has 0 bridgehead atoms. The Morgan fingerprint density at radius 1 is 1.42 bits per heavy atom. The van der Waals surface area contributed by atoms with Crippen molar-refractivity contribution in [1.29, 1.82) is 0 Å². The van der Waals surface area contributed by atoms with E-state index in [9.17, 15) is 9.90 Å². The first-order valence-corrected chi connectivity index (χ1v) is 6.37. The smallest absolute Gasteiger partial charge is 0.320 e. The Kier molecular flexibility index (Phi) is 5.63. The lowest BCUT2D eigenvalue weighted by Crippen LogP contribution is -2.37. The van der Waals surface area contributed by atoms with Crippen molar-refractivity contribution < 1.29 is 19.7 Å². The van der Waals surface area contributed by atoms with Crippen LogP contribution in [0.5, 0.6) is 11.5 Å². The van der Waals surface area contributed by atoms with E-state index < -0.39 is 12.0 Å². The van der Waals surface area contributed by atoms with Crippen LogP contribution in [0.15, 0.2) is 18.2 Å². The second kappa shape index (κ2) is 6.99. The average molecular weight is 267 g/mol. The predicted molar refractivity (Wildman–Crippen MR) is 72.5 cm³/mol. The van der Waals surface area contributed by atoms with Crippen molar-refractivity contribution in [2.75, 3.05) is 13.7 Å². The van der Waals surface area contributed by atoms with Crippen LogP contribution < -0.4 is 4.74 Å². The largest absolute Gasteiger partial charge is 0.504 e. The van der Waals surface area contributed by atoms with Gasteiger partial charge < -0.3 is 14.9 Å². The minimum atomic E-state index is -0.856. The van der Waals surface area contributed by atoms with Crippen LogP contribution in [-0.2, 0) is 11.3 Å². The third kappa shape index (κ3) is 3.86. The lowest BCUT2D eigenvalue weighted by Gasteiger charge is -2.24. The highest BCUT2D eigenvalue weighted by molar-refractivity contribution is 5.73. The van der Waals surface area contributed by atoms with Gasteiger partial charge in [-0.15, -0.1) is 0 Å². The topological polar surface area (TPSA) is 70.0 Å². The zero-order valence-corrected chi connectivity index (χ0v) is 11.6. The second-order valence-corrected chi connectivity index (χ2v) is 4.37. The van der Waals surface area contributed by atoms with Crippen molar-refractivity contribution in [3.8, 4) is 11.5 Å². The third-order valence-electron chi connectivity index (χ3n) is 3.01. The van der Waals surface area contributed by atoms with E-state index in [1.54, 1.807) is 30.1 Å². The lowest BCUT2D eigenvalue weighted by molar-refractivity contribution is -0.143. The van der Waals surface area contributed by atoms with E-state index in [0.717, 1.165) is 0 Å². The van der Waals surface area contributed by atoms with Gasteiger partial charge in [0.25, 0.3) is 0 Å². The van der Waals surface area contributed by atoms with Gasteiger partial charge in [0, 0.05) is 12.1 Å². The van der Waals surface area contributed by atoms with E-state index in [0.29, 0.717) is 30.9 Å². The number of rotatable bonds is 7. The molecule has 106 valence electrons. The van der Waals surface area contributed by atoms with E-state index in [4.69, 9.17) is 9.84 Å². The predicted octanol–water partition coefficient (Wildman–Crippen LogP) is 2.09. The molecule has 5 nitrogen and oxygen atoms in total. The Labute approximate surface area is 113 Å². The molecule has 19 heavy (non-hydrogen) atoms. The van der Waals surface area contributed by atoms with Crippen LogP contribution in [0, 0.1) is 0 Å². The van der Waals surface area contributed by atoms with Gasteiger partial charge in [0.15, 0.2) is 11.5 Å². The molecule has 1 aromatic rings.